The number of hydrogen-bond acceptors (Lipinski definition) is 3. The summed E-state index contributed by atoms with van der Waals surface area (Å²) in [6.45, 7) is 0.720. The summed E-state index contributed by atoms with van der Waals surface area (Å²) in [5.74, 6) is 0. The van der Waals surface area contributed by atoms with E-state index in [1.54, 1.807) is 4.31 Å². The van der Waals surface area contributed by atoms with Crippen LogP contribution in [-0.4, -0.2) is 36.8 Å². The van der Waals surface area contributed by atoms with Gasteiger partial charge in [0.05, 0.1) is 11.3 Å². The van der Waals surface area contributed by atoms with Gasteiger partial charge in [-0.25, -0.2) is 8.42 Å². The highest BCUT2D eigenvalue weighted by Crippen LogP contribution is 2.44. The normalized spacial score (nSPS) is 44.2. The summed E-state index contributed by atoms with van der Waals surface area (Å²) in [6, 6.07) is 0.180. The van der Waals surface area contributed by atoms with E-state index in [2.05, 4.69) is 0 Å². The number of rotatable bonds is 2. The molecule has 0 spiro atoms. The second-order valence-electron chi connectivity index (χ2n) is 4.05. The van der Waals surface area contributed by atoms with Crippen molar-refractivity contribution in [2.75, 3.05) is 6.61 Å². The van der Waals surface area contributed by atoms with Gasteiger partial charge in [0.1, 0.15) is 6.23 Å². The van der Waals surface area contributed by atoms with E-state index in [-0.39, 0.29) is 17.5 Å². The Bertz CT molecular complexity index is 310. The van der Waals surface area contributed by atoms with E-state index < -0.39 is 10.0 Å². The summed E-state index contributed by atoms with van der Waals surface area (Å²) >= 11 is 0. The van der Waals surface area contributed by atoms with Gasteiger partial charge in [0.25, 0.3) is 0 Å². The zero-order valence-electron chi connectivity index (χ0n) is 7.35. The molecule has 0 radical (unpaired) electrons. The van der Waals surface area contributed by atoms with Crippen molar-refractivity contribution in [2.45, 2.75) is 43.2 Å². The zero-order valence-corrected chi connectivity index (χ0v) is 8.16. The zero-order chi connectivity index (χ0) is 9.05. The van der Waals surface area contributed by atoms with Gasteiger partial charge >= 0.3 is 0 Å². The Kier molecular flexibility index (Phi) is 1.55. The average Bonchev–Trinajstić information content (AvgIpc) is 2.99. The Morgan fingerprint density at radius 2 is 2.00 bits per heavy atom. The van der Waals surface area contributed by atoms with Gasteiger partial charge in [-0.3, -0.25) is 0 Å². The molecule has 4 nitrogen and oxygen atoms in total. The van der Waals surface area contributed by atoms with Crippen molar-refractivity contribution in [1.29, 1.82) is 0 Å². The molecule has 3 rings (SSSR count). The Morgan fingerprint density at radius 3 is 2.54 bits per heavy atom. The van der Waals surface area contributed by atoms with Crippen LogP contribution in [0.2, 0.25) is 0 Å². The molecule has 3 unspecified atom stereocenters. The molecular weight excluding hydrogens is 190 g/mol. The van der Waals surface area contributed by atoms with E-state index in [1.165, 1.54) is 0 Å². The lowest BCUT2D eigenvalue weighted by Gasteiger charge is -2.04. The van der Waals surface area contributed by atoms with Gasteiger partial charge in [-0.05, 0) is 25.7 Å². The Morgan fingerprint density at radius 1 is 1.23 bits per heavy atom. The van der Waals surface area contributed by atoms with Crippen molar-refractivity contribution in [1.82, 2.24) is 4.31 Å². The number of nitrogens with zero attached hydrogens (tertiary/aromatic N) is 1. The third kappa shape index (κ3) is 1.14. The molecule has 2 saturated heterocycles. The Labute approximate surface area is 77.9 Å². The van der Waals surface area contributed by atoms with Crippen LogP contribution < -0.4 is 0 Å². The minimum Gasteiger partial charge on any atom is -0.360 e. The quantitative estimate of drug-likeness (QED) is 0.606. The fourth-order valence-corrected chi connectivity index (χ4v) is 4.16. The second kappa shape index (κ2) is 2.46. The molecular formula is C8H13NO3S. The molecule has 3 atom stereocenters. The predicted octanol–water partition coefficient (Wildman–Crippen LogP) is 0.299. The molecule has 3 aliphatic rings. The molecule has 2 aliphatic heterocycles. The number of ether oxygens (including phenoxy) is 1. The molecule has 3 fully saturated rings. The lowest BCUT2D eigenvalue weighted by atomic mass is 10.2. The third-order valence-corrected chi connectivity index (χ3v) is 5.37. The molecule has 13 heavy (non-hydrogen) atoms. The first kappa shape index (κ1) is 8.20. The molecule has 0 aromatic rings. The van der Waals surface area contributed by atoms with E-state index in [4.69, 9.17) is 4.74 Å². The van der Waals surface area contributed by atoms with Crippen molar-refractivity contribution in [3.05, 3.63) is 0 Å². The van der Waals surface area contributed by atoms with Gasteiger partial charge < -0.3 is 4.74 Å². The van der Waals surface area contributed by atoms with Crippen LogP contribution in [0.4, 0.5) is 0 Å². The van der Waals surface area contributed by atoms with E-state index in [9.17, 15) is 8.42 Å². The van der Waals surface area contributed by atoms with Gasteiger partial charge in [-0.2, -0.15) is 4.31 Å². The van der Waals surface area contributed by atoms with Crippen molar-refractivity contribution >= 4 is 10.0 Å². The topological polar surface area (TPSA) is 46.4 Å². The maximum atomic E-state index is 11.8. The van der Waals surface area contributed by atoms with Crippen LogP contribution in [0.25, 0.3) is 0 Å². The van der Waals surface area contributed by atoms with Crippen molar-refractivity contribution in [3.63, 3.8) is 0 Å². The first-order valence-corrected chi connectivity index (χ1v) is 6.35. The first-order chi connectivity index (χ1) is 6.21. The molecule has 1 aliphatic carbocycles. The summed E-state index contributed by atoms with van der Waals surface area (Å²) in [5, 5.41) is -0.0818. The molecule has 0 bridgehead atoms. The van der Waals surface area contributed by atoms with Crippen LogP contribution in [0.3, 0.4) is 0 Å². The largest absolute Gasteiger partial charge is 0.360 e. The van der Waals surface area contributed by atoms with E-state index in [1.807, 2.05) is 0 Å². The van der Waals surface area contributed by atoms with E-state index in [0.29, 0.717) is 0 Å². The van der Waals surface area contributed by atoms with Crippen molar-refractivity contribution in [2.24, 2.45) is 0 Å². The molecule has 5 heteroatoms. The fraction of sp³-hybridized carbons (Fsp3) is 1.00. The van der Waals surface area contributed by atoms with Crippen LogP contribution in [0, 0.1) is 0 Å². The summed E-state index contributed by atoms with van der Waals surface area (Å²) < 4.78 is 30.5. The standard InChI is InChI=1S/C8H13NO3S/c10-13(11,6-3-4-6)9-7-2-1-5-12-8(7)9/h6-8H,1-5H2. The summed E-state index contributed by atoms with van der Waals surface area (Å²) in [7, 11) is -2.97. The lowest BCUT2D eigenvalue weighted by Crippen LogP contribution is -2.20. The van der Waals surface area contributed by atoms with Gasteiger partial charge in [0.2, 0.25) is 10.0 Å². The van der Waals surface area contributed by atoms with Crippen molar-refractivity contribution in [3.8, 4) is 0 Å². The van der Waals surface area contributed by atoms with E-state index >= 15 is 0 Å². The van der Waals surface area contributed by atoms with Crippen LogP contribution >= 0.6 is 0 Å². The highest BCUT2D eigenvalue weighted by molar-refractivity contribution is 7.90. The maximum Gasteiger partial charge on any atom is 0.219 e. The molecule has 0 amide bonds. The first-order valence-electron chi connectivity index (χ1n) is 4.85. The maximum absolute atomic E-state index is 11.8. The average molecular weight is 203 g/mol. The monoisotopic (exact) mass is 203 g/mol. The summed E-state index contributed by atoms with van der Waals surface area (Å²) in [4.78, 5) is 0. The van der Waals surface area contributed by atoms with Crippen LogP contribution in [0.1, 0.15) is 25.7 Å². The van der Waals surface area contributed by atoms with Crippen LogP contribution in [-0.2, 0) is 14.8 Å². The molecule has 74 valence electrons. The number of fused-ring (bicyclic) bond motifs is 1. The van der Waals surface area contributed by atoms with Gasteiger partial charge in [0.15, 0.2) is 0 Å². The number of hydrogen-bond donors (Lipinski definition) is 0. The fourth-order valence-electron chi connectivity index (χ4n) is 2.06. The number of sulfonamides is 1. The Balaban J connectivity index is 1.80. The minimum atomic E-state index is -2.97. The van der Waals surface area contributed by atoms with Crippen LogP contribution in [0.15, 0.2) is 0 Å². The van der Waals surface area contributed by atoms with Crippen LogP contribution in [0.5, 0.6) is 0 Å². The second-order valence-corrected chi connectivity index (χ2v) is 6.16. The predicted molar refractivity (Wildman–Crippen MR) is 46.5 cm³/mol. The molecule has 0 aromatic heterocycles. The van der Waals surface area contributed by atoms with Gasteiger partial charge in [-0.1, -0.05) is 0 Å². The van der Waals surface area contributed by atoms with Crippen molar-refractivity contribution < 1.29 is 13.2 Å². The molecule has 1 saturated carbocycles. The highest BCUT2D eigenvalue weighted by atomic mass is 32.2. The van der Waals surface area contributed by atoms with Gasteiger partial charge in [0, 0.05) is 6.61 Å². The van der Waals surface area contributed by atoms with E-state index in [0.717, 1.165) is 32.3 Å². The van der Waals surface area contributed by atoms with Gasteiger partial charge in [-0.15, -0.1) is 0 Å². The minimum absolute atomic E-state index is 0.0818. The highest BCUT2D eigenvalue weighted by Gasteiger charge is 2.60. The molecule has 2 heterocycles. The Hall–Kier alpha value is -0.130. The molecule has 0 aromatic carbocycles. The third-order valence-electron chi connectivity index (χ3n) is 2.99. The summed E-state index contributed by atoms with van der Waals surface area (Å²) in [6.07, 6.45) is 3.57. The smallest absolute Gasteiger partial charge is 0.219 e. The summed E-state index contributed by atoms with van der Waals surface area (Å²) in [5.41, 5.74) is 0. The lowest BCUT2D eigenvalue weighted by molar-refractivity contribution is 0.0787. The SMILES string of the molecule is O=S(=O)(C1CC1)N1C2CCCOC21. The molecule has 0 N–H and O–H groups in total.